The number of carbonyl (C=O) groups is 2. The molecule has 0 aromatic heterocycles. The van der Waals surface area contributed by atoms with Gasteiger partial charge < -0.3 is 14.7 Å². The molecule has 1 aliphatic rings. The van der Waals surface area contributed by atoms with Gasteiger partial charge in [-0.1, -0.05) is 0 Å². The van der Waals surface area contributed by atoms with Gasteiger partial charge in [0.15, 0.2) is 0 Å². The van der Waals surface area contributed by atoms with E-state index in [-0.39, 0.29) is 18.5 Å². The Hall–Kier alpha value is -1.47. The third kappa shape index (κ3) is 2.83. The molecule has 1 aliphatic heterocycles. The maximum Gasteiger partial charge on any atom is 0.328 e. The molecule has 2 unspecified atom stereocenters. The Balaban J connectivity index is 2.29. The number of likely N-dealkylation sites (tertiary alicyclic amines) is 1. The van der Waals surface area contributed by atoms with Crippen molar-refractivity contribution in [1.82, 2.24) is 4.90 Å². The molecule has 1 heterocycles. The molecule has 1 aromatic carbocycles. The van der Waals surface area contributed by atoms with Crippen LogP contribution < -0.4 is 0 Å². The summed E-state index contributed by atoms with van der Waals surface area (Å²) in [6.45, 7) is 0.0441. The minimum Gasteiger partial charge on any atom is -0.467 e. The summed E-state index contributed by atoms with van der Waals surface area (Å²) in [4.78, 5) is 25.3. The number of rotatable bonds is 2. The predicted octanol–water partition coefficient (Wildman–Crippen LogP) is 1.34. The van der Waals surface area contributed by atoms with Crippen LogP contribution in [0.2, 0.25) is 0 Å². The van der Waals surface area contributed by atoms with Gasteiger partial charge in [0.2, 0.25) is 0 Å². The summed E-state index contributed by atoms with van der Waals surface area (Å²) in [6.07, 6.45) is -0.640. The van der Waals surface area contributed by atoms with Gasteiger partial charge in [0.1, 0.15) is 11.9 Å². The summed E-state index contributed by atoms with van der Waals surface area (Å²) in [5.41, 5.74) is 0.231. The van der Waals surface area contributed by atoms with Crippen LogP contribution in [0.15, 0.2) is 22.7 Å². The van der Waals surface area contributed by atoms with Gasteiger partial charge in [0.25, 0.3) is 5.91 Å². The van der Waals surface area contributed by atoms with Crippen molar-refractivity contribution in [2.45, 2.75) is 18.6 Å². The lowest BCUT2D eigenvalue weighted by Gasteiger charge is -2.22. The molecular weight excluding hydrogens is 333 g/mol. The average molecular weight is 346 g/mol. The fraction of sp³-hybridized carbons (Fsp3) is 0.385. The molecule has 0 saturated carbocycles. The Morgan fingerprint density at radius 3 is 2.80 bits per heavy atom. The molecule has 0 bridgehead atoms. The summed E-state index contributed by atoms with van der Waals surface area (Å²) in [5, 5.41) is 9.65. The number of aliphatic hydroxyl groups excluding tert-OH is 1. The molecule has 108 valence electrons. The number of β-amino-alcohol motifs (C(OH)–C–C–N with tert-alkyl or cyclic N) is 1. The summed E-state index contributed by atoms with van der Waals surface area (Å²) < 4.78 is 18.0. The number of aliphatic hydroxyl groups is 1. The van der Waals surface area contributed by atoms with E-state index in [9.17, 15) is 19.1 Å². The second-order valence-electron chi connectivity index (χ2n) is 4.51. The second-order valence-corrected chi connectivity index (χ2v) is 5.36. The number of esters is 1. The second kappa shape index (κ2) is 5.88. The molecule has 2 rings (SSSR count). The minimum absolute atomic E-state index is 0.0441. The lowest BCUT2D eigenvalue weighted by Crippen LogP contribution is -2.41. The van der Waals surface area contributed by atoms with Crippen LogP contribution in [-0.4, -0.2) is 47.7 Å². The molecule has 1 amide bonds. The summed E-state index contributed by atoms with van der Waals surface area (Å²) in [5.74, 6) is -1.50. The van der Waals surface area contributed by atoms with Crippen molar-refractivity contribution in [3.63, 3.8) is 0 Å². The van der Waals surface area contributed by atoms with E-state index in [2.05, 4.69) is 20.7 Å². The third-order valence-corrected chi connectivity index (χ3v) is 3.83. The van der Waals surface area contributed by atoms with Crippen molar-refractivity contribution < 1.29 is 23.8 Å². The topological polar surface area (TPSA) is 66.8 Å². The molecule has 20 heavy (non-hydrogen) atoms. The number of benzene rings is 1. The zero-order valence-electron chi connectivity index (χ0n) is 10.7. The van der Waals surface area contributed by atoms with E-state index in [1.807, 2.05) is 0 Å². The number of ether oxygens (including phenoxy) is 1. The quantitative estimate of drug-likeness (QED) is 0.821. The SMILES string of the molecule is COC(=O)C1CC(O)CN1C(=O)c1ccc(F)cc1Br. The van der Waals surface area contributed by atoms with E-state index in [0.717, 1.165) is 6.07 Å². The molecule has 1 aromatic rings. The fourth-order valence-electron chi connectivity index (χ4n) is 2.22. The Kier molecular flexibility index (Phi) is 4.39. The van der Waals surface area contributed by atoms with Crippen LogP contribution in [-0.2, 0) is 9.53 Å². The Morgan fingerprint density at radius 1 is 1.50 bits per heavy atom. The highest BCUT2D eigenvalue weighted by Gasteiger charge is 2.40. The average Bonchev–Trinajstić information content (AvgIpc) is 2.79. The van der Waals surface area contributed by atoms with E-state index in [0.29, 0.717) is 4.47 Å². The number of hydrogen-bond donors (Lipinski definition) is 1. The lowest BCUT2D eigenvalue weighted by molar-refractivity contribution is -0.145. The molecule has 2 atom stereocenters. The van der Waals surface area contributed by atoms with Crippen LogP contribution in [0.1, 0.15) is 16.8 Å². The van der Waals surface area contributed by atoms with Crippen LogP contribution in [0.25, 0.3) is 0 Å². The molecule has 0 radical (unpaired) electrons. The van der Waals surface area contributed by atoms with E-state index in [1.54, 1.807) is 0 Å². The standard InChI is InChI=1S/C13H13BrFNO4/c1-20-13(19)11-5-8(17)6-16(11)12(18)9-3-2-7(15)4-10(9)14/h2-4,8,11,17H,5-6H2,1H3. The predicted molar refractivity (Wildman–Crippen MR) is 71.6 cm³/mol. The molecule has 1 fully saturated rings. The van der Waals surface area contributed by atoms with Crippen molar-refractivity contribution in [3.05, 3.63) is 34.1 Å². The number of carbonyl (C=O) groups excluding carboxylic acids is 2. The molecule has 0 spiro atoms. The van der Waals surface area contributed by atoms with Gasteiger partial charge in [-0.2, -0.15) is 0 Å². The Labute approximate surface area is 123 Å². The van der Waals surface area contributed by atoms with Crippen LogP contribution in [0, 0.1) is 5.82 Å². The zero-order chi connectivity index (χ0) is 14.9. The molecule has 1 N–H and O–H groups in total. The minimum atomic E-state index is -0.820. The van der Waals surface area contributed by atoms with Gasteiger partial charge in [-0.3, -0.25) is 4.79 Å². The highest BCUT2D eigenvalue weighted by atomic mass is 79.9. The maximum atomic E-state index is 13.0. The zero-order valence-corrected chi connectivity index (χ0v) is 12.3. The van der Waals surface area contributed by atoms with E-state index >= 15 is 0 Å². The van der Waals surface area contributed by atoms with Crippen LogP contribution in [0.4, 0.5) is 4.39 Å². The third-order valence-electron chi connectivity index (χ3n) is 3.17. The van der Waals surface area contributed by atoms with E-state index in [1.165, 1.54) is 24.1 Å². The normalized spacial score (nSPS) is 21.9. The van der Waals surface area contributed by atoms with E-state index in [4.69, 9.17) is 0 Å². The molecule has 0 aliphatic carbocycles. The van der Waals surface area contributed by atoms with Gasteiger partial charge in [0, 0.05) is 17.4 Å². The van der Waals surface area contributed by atoms with Gasteiger partial charge in [0.05, 0.1) is 18.8 Å². The van der Waals surface area contributed by atoms with Crippen molar-refractivity contribution in [2.75, 3.05) is 13.7 Å². The van der Waals surface area contributed by atoms with Crippen molar-refractivity contribution >= 4 is 27.8 Å². The van der Waals surface area contributed by atoms with Crippen molar-refractivity contribution in [3.8, 4) is 0 Å². The molecular formula is C13H13BrFNO4. The first-order chi connectivity index (χ1) is 9.43. The first-order valence-corrected chi connectivity index (χ1v) is 6.75. The number of halogens is 2. The van der Waals surface area contributed by atoms with Crippen LogP contribution in [0.5, 0.6) is 0 Å². The van der Waals surface area contributed by atoms with Gasteiger partial charge in [-0.25, -0.2) is 9.18 Å². The summed E-state index contributed by atoms with van der Waals surface area (Å²) >= 11 is 3.12. The van der Waals surface area contributed by atoms with Gasteiger partial charge in [-0.05, 0) is 34.1 Å². The largest absolute Gasteiger partial charge is 0.467 e. The van der Waals surface area contributed by atoms with Crippen LogP contribution in [0.3, 0.4) is 0 Å². The van der Waals surface area contributed by atoms with Crippen molar-refractivity contribution in [2.24, 2.45) is 0 Å². The molecule has 1 saturated heterocycles. The first-order valence-electron chi connectivity index (χ1n) is 5.96. The van der Waals surface area contributed by atoms with Crippen LogP contribution >= 0.6 is 15.9 Å². The monoisotopic (exact) mass is 345 g/mol. The summed E-state index contributed by atoms with van der Waals surface area (Å²) in [7, 11) is 1.23. The van der Waals surface area contributed by atoms with Gasteiger partial charge in [-0.15, -0.1) is 0 Å². The maximum absolute atomic E-state index is 13.0. The lowest BCUT2D eigenvalue weighted by atomic mass is 10.1. The first kappa shape index (κ1) is 14.9. The van der Waals surface area contributed by atoms with E-state index < -0.39 is 29.8 Å². The van der Waals surface area contributed by atoms with Gasteiger partial charge >= 0.3 is 5.97 Å². The smallest absolute Gasteiger partial charge is 0.328 e. The highest BCUT2D eigenvalue weighted by molar-refractivity contribution is 9.10. The number of methoxy groups -OCH3 is 1. The highest BCUT2D eigenvalue weighted by Crippen LogP contribution is 2.25. The fourth-order valence-corrected chi connectivity index (χ4v) is 2.74. The Morgan fingerprint density at radius 2 is 2.20 bits per heavy atom. The number of amides is 1. The Bertz CT molecular complexity index is 551. The molecule has 5 nitrogen and oxygen atoms in total. The number of hydrogen-bond acceptors (Lipinski definition) is 4. The van der Waals surface area contributed by atoms with Crippen molar-refractivity contribution in [1.29, 1.82) is 0 Å². The molecule has 7 heteroatoms. The summed E-state index contributed by atoms with van der Waals surface area (Å²) in [6, 6.07) is 2.85. The number of nitrogens with zero attached hydrogens (tertiary/aromatic N) is 1.